The molecule has 10 heavy (non-hydrogen) atoms. The average molecular weight is 143 g/mol. The Kier molecular flexibility index (Phi) is 2.25. The topological polar surface area (TPSA) is 47.9 Å². The first-order valence-electron chi connectivity index (χ1n) is 3.19. The van der Waals surface area contributed by atoms with Gasteiger partial charge in [0.25, 0.3) is 0 Å². The largest absolute Gasteiger partial charge is 0.463 e. The molecule has 0 fully saturated rings. The predicted molar refractivity (Wildman–Crippen MR) is 34.6 cm³/mol. The molecule has 0 saturated heterocycles. The Labute approximate surface area is 58.8 Å². The van der Waals surface area contributed by atoms with E-state index in [1.807, 2.05) is 0 Å². The van der Waals surface area contributed by atoms with E-state index in [-0.39, 0.29) is 5.97 Å². The monoisotopic (exact) mass is 143 g/mol. The smallest absolute Gasteiger partial charge is 0.350 e. The summed E-state index contributed by atoms with van der Waals surface area (Å²) in [5.74, 6) is -0.333. The van der Waals surface area contributed by atoms with Gasteiger partial charge in [-0.1, -0.05) is 5.16 Å². The zero-order valence-corrected chi connectivity index (χ0v) is 5.74. The maximum absolute atomic E-state index is 10.8. The van der Waals surface area contributed by atoms with Gasteiger partial charge in [0.2, 0.25) is 6.10 Å². The molecule has 0 aromatic heterocycles. The van der Waals surface area contributed by atoms with Crippen LogP contribution < -0.4 is 0 Å². The molecule has 1 heterocycles. The number of rotatable bonds is 2. The molecule has 4 nitrogen and oxygen atoms in total. The number of hydrogen-bond acceptors (Lipinski definition) is 4. The zero-order chi connectivity index (χ0) is 7.40. The van der Waals surface area contributed by atoms with Gasteiger partial charge in [-0.3, -0.25) is 0 Å². The Morgan fingerprint density at radius 1 is 2.00 bits per heavy atom. The van der Waals surface area contributed by atoms with E-state index in [2.05, 4.69) is 14.7 Å². The minimum atomic E-state index is -0.500. The summed E-state index contributed by atoms with van der Waals surface area (Å²) in [5, 5.41) is 3.44. The summed E-state index contributed by atoms with van der Waals surface area (Å²) >= 11 is 0. The van der Waals surface area contributed by atoms with Crippen LogP contribution in [0.4, 0.5) is 0 Å². The Morgan fingerprint density at radius 2 is 2.80 bits per heavy atom. The molecule has 1 rings (SSSR count). The number of carbonyl (C=O) groups excluding carboxylic acids is 1. The second-order valence-electron chi connectivity index (χ2n) is 1.87. The summed E-state index contributed by atoms with van der Waals surface area (Å²) in [6.45, 7) is 2.15. The SMILES string of the molecule is CCOC(=O)C1CC=NO1. The highest BCUT2D eigenvalue weighted by molar-refractivity contribution is 5.79. The molecule has 0 aliphatic carbocycles. The third-order valence-corrected chi connectivity index (χ3v) is 1.13. The Balaban J connectivity index is 2.28. The van der Waals surface area contributed by atoms with Crippen molar-refractivity contribution in [3.63, 3.8) is 0 Å². The summed E-state index contributed by atoms with van der Waals surface area (Å²) in [6, 6.07) is 0. The number of ether oxygens (including phenoxy) is 1. The third kappa shape index (κ3) is 1.46. The summed E-state index contributed by atoms with van der Waals surface area (Å²) in [5.41, 5.74) is 0. The van der Waals surface area contributed by atoms with E-state index >= 15 is 0 Å². The highest BCUT2D eigenvalue weighted by Gasteiger charge is 2.23. The number of hydrogen-bond donors (Lipinski definition) is 0. The molecule has 4 heteroatoms. The molecular formula is C6H9NO3. The molecule has 1 aliphatic heterocycles. The van der Waals surface area contributed by atoms with Crippen molar-refractivity contribution in [1.29, 1.82) is 0 Å². The van der Waals surface area contributed by atoms with Crippen LogP contribution in [0.2, 0.25) is 0 Å². The fraction of sp³-hybridized carbons (Fsp3) is 0.667. The average Bonchev–Trinajstić information content (AvgIpc) is 2.38. The van der Waals surface area contributed by atoms with E-state index in [0.717, 1.165) is 0 Å². The lowest BCUT2D eigenvalue weighted by molar-refractivity contribution is -0.154. The minimum absolute atomic E-state index is 0.333. The van der Waals surface area contributed by atoms with Gasteiger partial charge in [-0.15, -0.1) is 0 Å². The molecule has 1 unspecified atom stereocenters. The first-order chi connectivity index (χ1) is 4.84. The molecule has 0 saturated carbocycles. The highest BCUT2D eigenvalue weighted by atomic mass is 16.7. The molecule has 0 N–H and O–H groups in total. The van der Waals surface area contributed by atoms with Gasteiger partial charge in [0.15, 0.2) is 0 Å². The quantitative estimate of drug-likeness (QED) is 0.523. The Bertz CT molecular complexity index is 147. The Morgan fingerprint density at radius 3 is 3.30 bits per heavy atom. The van der Waals surface area contributed by atoms with E-state index in [1.165, 1.54) is 0 Å². The molecule has 56 valence electrons. The van der Waals surface area contributed by atoms with Crippen LogP contribution >= 0.6 is 0 Å². The summed E-state index contributed by atoms with van der Waals surface area (Å²) in [4.78, 5) is 15.5. The molecule has 1 atom stereocenters. The fourth-order valence-corrected chi connectivity index (χ4v) is 0.673. The third-order valence-electron chi connectivity index (χ3n) is 1.13. The van der Waals surface area contributed by atoms with Crippen LogP contribution in [0.5, 0.6) is 0 Å². The van der Waals surface area contributed by atoms with Crippen molar-refractivity contribution in [1.82, 2.24) is 0 Å². The van der Waals surface area contributed by atoms with Gasteiger partial charge >= 0.3 is 5.97 Å². The van der Waals surface area contributed by atoms with Crippen LogP contribution in [0.25, 0.3) is 0 Å². The van der Waals surface area contributed by atoms with Crippen LogP contribution in [0.15, 0.2) is 5.16 Å². The first-order valence-corrected chi connectivity index (χ1v) is 3.19. The van der Waals surface area contributed by atoms with Gasteiger partial charge in [0.1, 0.15) is 0 Å². The second kappa shape index (κ2) is 3.20. The van der Waals surface area contributed by atoms with E-state index < -0.39 is 6.10 Å². The fourth-order valence-electron chi connectivity index (χ4n) is 0.673. The molecule has 0 spiro atoms. The summed E-state index contributed by atoms with van der Waals surface area (Å²) in [6.07, 6.45) is 1.58. The zero-order valence-electron chi connectivity index (χ0n) is 5.74. The van der Waals surface area contributed by atoms with Gasteiger partial charge in [-0.25, -0.2) is 4.79 Å². The van der Waals surface area contributed by atoms with Gasteiger partial charge < -0.3 is 9.57 Å². The van der Waals surface area contributed by atoms with Gasteiger partial charge in [-0.05, 0) is 6.92 Å². The van der Waals surface area contributed by atoms with Gasteiger partial charge in [0, 0.05) is 12.6 Å². The number of esters is 1. The van der Waals surface area contributed by atoms with Crippen molar-refractivity contribution in [3.05, 3.63) is 0 Å². The van der Waals surface area contributed by atoms with E-state index in [0.29, 0.717) is 13.0 Å². The Hall–Kier alpha value is -1.06. The standard InChI is InChI=1S/C6H9NO3/c1-2-9-6(8)5-3-4-7-10-5/h4-5H,2-3H2,1H3. The number of carbonyl (C=O) groups is 1. The molecule has 0 aromatic carbocycles. The van der Waals surface area contributed by atoms with Crippen molar-refractivity contribution in [2.45, 2.75) is 19.4 Å². The van der Waals surface area contributed by atoms with E-state index in [4.69, 9.17) is 0 Å². The maximum Gasteiger partial charge on any atom is 0.350 e. The molecule has 0 bridgehead atoms. The second-order valence-corrected chi connectivity index (χ2v) is 1.87. The van der Waals surface area contributed by atoms with Crippen molar-refractivity contribution in [2.75, 3.05) is 6.61 Å². The van der Waals surface area contributed by atoms with Crippen molar-refractivity contribution >= 4 is 12.2 Å². The predicted octanol–water partition coefficient (Wildman–Crippen LogP) is 0.324. The van der Waals surface area contributed by atoms with Crippen LogP contribution in [-0.4, -0.2) is 24.9 Å². The van der Waals surface area contributed by atoms with Crippen molar-refractivity contribution in [2.24, 2.45) is 5.16 Å². The van der Waals surface area contributed by atoms with E-state index in [9.17, 15) is 4.79 Å². The molecular weight excluding hydrogens is 134 g/mol. The maximum atomic E-state index is 10.8. The lowest BCUT2D eigenvalue weighted by Crippen LogP contribution is -2.22. The van der Waals surface area contributed by atoms with Crippen molar-refractivity contribution in [3.8, 4) is 0 Å². The first kappa shape index (κ1) is 7.05. The number of nitrogens with zero attached hydrogens (tertiary/aromatic N) is 1. The lowest BCUT2D eigenvalue weighted by Gasteiger charge is -2.05. The lowest BCUT2D eigenvalue weighted by atomic mass is 10.3. The van der Waals surface area contributed by atoms with Crippen molar-refractivity contribution < 1.29 is 14.4 Å². The normalized spacial score (nSPS) is 22.3. The van der Waals surface area contributed by atoms with E-state index in [1.54, 1.807) is 13.1 Å². The van der Waals surface area contributed by atoms with Gasteiger partial charge in [-0.2, -0.15) is 0 Å². The summed E-state index contributed by atoms with van der Waals surface area (Å²) < 4.78 is 4.68. The van der Waals surface area contributed by atoms with Crippen LogP contribution in [0.1, 0.15) is 13.3 Å². The molecule has 0 radical (unpaired) electrons. The highest BCUT2D eigenvalue weighted by Crippen LogP contribution is 2.05. The molecule has 0 amide bonds. The molecule has 1 aliphatic rings. The number of oxime groups is 1. The van der Waals surface area contributed by atoms with Crippen LogP contribution in [0, 0.1) is 0 Å². The van der Waals surface area contributed by atoms with Gasteiger partial charge in [0.05, 0.1) is 6.61 Å². The van der Waals surface area contributed by atoms with Crippen LogP contribution in [0.3, 0.4) is 0 Å². The minimum Gasteiger partial charge on any atom is -0.463 e. The van der Waals surface area contributed by atoms with Crippen LogP contribution in [-0.2, 0) is 14.4 Å². The summed E-state index contributed by atoms with van der Waals surface area (Å²) in [7, 11) is 0. The molecule has 0 aromatic rings.